The molecule has 0 fully saturated rings. The zero-order chi connectivity index (χ0) is 40.0. The maximum absolute atomic E-state index is 2.45. The fraction of sp³-hybridized carbons (Fsp3) is 0.0169. The van der Waals surface area contributed by atoms with Gasteiger partial charge in [0.05, 0.1) is 5.69 Å². The number of aryl methyl sites for hydroxylation is 1. The van der Waals surface area contributed by atoms with E-state index in [4.69, 9.17) is 0 Å². The quantitative estimate of drug-likeness (QED) is 0.146. The minimum absolute atomic E-state index is 1.11. The van der Waals surface area contributed by atoms with Crippen molar-refractivity contribution in [3.8, 4) is 44.5 Å². The second-order valence-corrected chi connectivity index (χ2v) is 15.7. The fourth-order valence-corrected chi connectivity index (χ4v) is 9.43. The molecule has 0 saturated heterocycles. The average molecular weight is 764 g/mol. The molecule has 0 radical (unpaired) electrons. The molecule has 0 spiro atoms. The molecule has 1 heteroatoms. The Labute approximate surface area is 351 Å². The minimum Gasteiger partial charge on any atom is -0.310 e. The molecule has 11 aromatic rings. The predicted molar refractivity (Wildman–Crippen MR) is 258 cm³/mol. The fourth-order valence-electron chi connectivity index (χ4n) is 9.43. The Balaban J connectivity index is 1.27. The number of hydrogen-bond acceptors (Lipinski definition) is 1. The number of hydrogen-bond donors (Lipinski definition) is 0. The normalized spacial score (nSPS) is 11.4. The van der Waals surface area contributed by atoms with Crippen molar-refractivity contribution in [2.24, 2.45) is 0 Å². The van der Waals surface area contributed by atoms with Gasteiger partial charge in [0, 0.05) is 16.9 Å². The largest absolute Gasteiger partial charge is 0.310 e. The van der Waals surface area contributed by atoms with E-state index in [1.165, 1.54) is 93.2 Å². The molecular formula is C59H41N. The summed E-state index contributed by atoms with van der Waals surface area (Å²) in [5.74, 6) is 0. The lowest BCUT2D eigenvalue weighted by Crippen LogP contribution is -2.11. The molecule has 11 aromatic carbocycles. The van der Waals surface area contributed by atoms with Crippen molar-refractivity contribution < 1.29 is 0 Å². The first-order valence-electron chi connectivity index (χ1n) is 20.8. The van der Waals surface area contributed by atoms with Crippen molar-refractivity contribution in [3.05, 3.63) is 236 Å². The lowest BCUT2D eigenvalue weighted by atomic mass is 9.81. The maximum Gasteiger partial charge on any atom is 0.0540 e. The smallest absolute Gasteiger partial charge is 0.0540 e. The van der Waals surface area contributed by atoms with Crippen molar-refractivity contribution in [2.45, 2.75) is 6.92 Å². The van der Waals surface area contributed by atoms with Gasteiger partial charge < -0.3 is 4.90 Å². The van der Waals surface area contributed by atoms with Gasteiger partial charge in [-0.05, 0) is 131 Å². The summed E-state index contributed by atoms with van der Waals surface area (Å²) in [7, 11) is 0. The molecule has 282 valence electrons. The van der Waals surface area contributed by atoms with Gasteiger partial charge in [0.2, 0.25) is 0 Å². The monoisotopic (exact) mass is 763 g/mol. The molecule has 0 aliphatic heterocycles. The van der Waals surface area contributed by atoms with Gasteiger partial charge in [-0.2, -0.15) is 0 Å². The summed E-state index contributed by atoms with van der Waals surface area (Å²) in [4.78, 5) is 2.45. The van der Waals surface area contributed by atoms with E-state index >= 15 is 0 Å². The van der Waals surface area contributed by atoms with Crippen LogP contribution in [0.3, 0.4) is 0 Å². The Morgan fingerprint density at radius 3 is 1.60 bits per heavy atom. The van der Waals surface area contributed by atoms with Gasteiger partial charge in [0.15, 0.2) is 0 Å². The number of rotatable bonds is 7. The van der Waals surface area contributed by atoms with Crippen LogP contribution < -0.4 is 4.90 Å². The highest BCUT2D eigenvalue weighted by atomic mass is 15.1. The van der Waals surface area contributed by atoms with E-state index in [0.717, 1.165) is 17.1 Å². The highest BCUT2D eigenvalue weighted by Crippen LogP contribution is 2.51. The first-order valence-corrected chi connectivity index (χ1v) is 20.8. The van der Waals surface area contributed by atoms with Crippen LogP contribution in [0.4, 0.5) is 17.1 Å². The SMILES string of the molecule is Cc1cccc(N(c2ccc3c(c2)c2ccccc2c2c(-c4ccccc4)cc(-c4ccccc4)c(-c4ccccc4)c32)c2ccccc2-c2cccc3ccccc23)c1. The van der Waals surface area contributed by atoms with Crippen LogP contribution in [0.15, 0.2) is 231 Å². The second kappa shape index (κ2) is 14.9. The maximum atomic E-state index is 2.45. The van der Waals surface area contributed by atoms with Crippen molar-refractivity contribution in [1.82, 2.24) is 0 Å². The Bertz CT molecular complexity index is 3360. The molecule has 0 amide bonds. The van der Waals surface area contributed by atoms with Crippen LogP contribution in [0, 0.1) is 6.92 Å². The third-order valence-electron chi connectivity index (χ3n) is 12.1. The first kappa shape index (κ1) is 35.4. The van der Waals surface area contributed by atoms with Crippen LogP contribution in [0.25, 0.3) is 87.6 Å². The topological polar surface area (TPSA) is 3.24 Å². The van der Waals surface area contributed by atoms with Gasteiger partial charge >= 0.3 is 0 Å². The summed E-state index contributed by atoms with van der Waals surface area (Å²) in [6.07, 6.45) is 0. The van der Waals surface area contributed by atoms with Gasteiger partial charge in [-0.15, -0.1) is 0 Å². The van der Waals surface area contributed by atoms with E-state index in [1.807, 2.05) is 0 Å². The van der Waals surface area contributed by atoms with E-state index in [-0.39, 0.29) is 0 Å². The average Bonchev–Trinajstić information content (AvgIpc) is 3.32. The number of nitrogens with zero attached hydrogens (tertiary/aromatic N) is 1. The molecule has 0 bridgehead atoms. The standard InChI is InChI=1S/C59H41N/c1-40-19-17-28-45(37-40)60(56-34-16-15-31-50(56)48-33-18-27-41-24-11-12-29-47(41)48)46-35-36-52-55(38-46)49-30-13-14-32-51(49)58-54(43-22-7-3-8-23-43)39-53(42-20-5-2-6-21-42)57(59(52)58)44-25-9-4-10-26-44/h2-39H,1H3. The van der Waals surface area contributed by atoms with Gasteiger partial charge in [0.25, 0.3) is 0 Å². The summed E-state index contributed by atoms with van der Waals surface area (Å²) in [5, 5.41) is 9.93. The van der Waals surface area contributed by atoms with Crippen LogP contribution in [-0.4, -0.2) is 0 Å². The number of para-hydroxylation sites is 1. The van der Waals surface area contributed by atoms with Gasteiger partial charge in [-0.25, -0.2) is 0 Å². The number of fused-ring (bicyclic) bond motifs is 7. The molecule has 0 unspecified atom stereocenters. The van der Waals surface area contributed by atoms with Crippen molar-refractivity contribution in [3.63, 3.8) is 0 Å². The molecule has 60 heavy (non-hydrogen) atoms. The molecule has 0 aliphatic carbocycles. The Hall–Kier alpha value is -7.74. The van der Waals surface area contributed by atoms with Crippen LogP contribution in [0.1, 0.15) is 5.56 Å². The summed E-state index contributed by atoms with van der Waals surface area (Å²) in [6.45, 7) is 2.18. The minimum atomic E-state index is 1.11. The predicted octanol–water partition coefficient (Wildman–Crippen LogP) is 16.7. The van der Waals surface area contributed by atoms with Crippen LogP contribution >= 0.6 is 0 Å². The molecule has 0 N–H and O–H groups in total. The number of anilines is 3. The molecule has 11 rings (SSSR count). The first-order chi connectivity index (χ1) is 29.7. The van der Waals surface area contributed by atoms with E-state index in [1.54, 1.807) is 0 Å². The number of benzene rings is 11. The van der Waals surface area contributed by atoms with Crippen molar-refractivity contribution in [2.75, 3.05) is 4.90 Å². The van der Waals surface area contributed by atoms with E-state index in [0.29, 0.717) is 0 Å². The Morgan fingerprint density at radius 1 is 0.300 bits per heavy atom. The van der Waals surface area contributed by atoms with Gasteiger partial charge in [0.1, 0.15) is 0 Å². The van der Waals surface area contributed by atoms with Crippen LogP contribution in [0.5, 0.6) is 0 Å². The van der Waals surface area contributed by atoms with E-state index in [9.17, 15) is 0 Å². The highest BCUT2D eigenvalue weighted by molar-refractivity contribution is 6.33. The van der Waals surface area contributed by atoms with Crippen molar-refractivity contribution in [1.29, 1.82) is 0 Å². The molecule has 1 nitrogen and oxygen atoms in total. The summed E-state index contributed by atoms with van der Waals surface area (Å²) >= 11 is 0. The molecule has 0 atom stereocenters. The molecule has 0 heterocycles. The molecular weight excluding hydrogens is 723 g/mol. The molecule has 0 saturated carbocycles. The van der Waals surface area contributed by atoms with E-state index in [2.05, 4.69) is 242 Å². The highest BCUT2D eigenvalue weighted by Gasteiger charge is 2.24. The summed E-state index contributed by atoms with van der Waals surface area (Å²) < 4.78 is 0. The molecule has 0 aromatic heterocycles. The zero-order valence-electron chi connectivity index (χ0n) is 33.4. The van der Waals surface area contributed by atoms with Crippen LogP contribution in [-0.2, 0) is 0 Å². The summed E-state index contributed by atoms with van der Waals surface area (Å²) in [5.41, 5.74) is 14.3. The van der Waals surface area contributed by atoms with Gasteiger partial charge in [-0.1, -0.05) is 194 Å². The lowest BCUT2D eigenvalue weighted by Gasteiger charge is -2.29. The lowest BCUT2D eigenvalue weighted by molar-refractivity contribution is 1.28. The Kier molecular flexibility index (Phi) is 8.79. The van der Waals surface area contributed by atoms with E-state index < -0.39 is 0 Å². The van der Waals surface area contributed by atoms with Gasteiger partial charge in [-0.3, -0.25) is 0 Å². The van der Waals surface area contributed by atoms with Crippen LogP contribution in [0.2, 0.25) is 0 Å². The zero-order valence-corrected chi connectivity index (χ0v) is 33.4. The second-order valence-electron chi connectivity index (χ2n) is 15.7. The summed E-state index contributed by atoms with van der Waals surface area (Å²) in [6, 6.07) is 84.5. The Morgan fingerprint density at radius 2 is 0.850 bits per heavy atom. The molecule has 0 aliphatic rings. The third kappa shape index (κ3) is 6.03. The third-order valence-corrected chi connectivity index (χ3v) is 12.1. The van der Waals surface area contributed by atoms with Crippen molar-refractivity contribution >= 4 is 60.2 Å².